The lowest BCUT2D eigenvalue weighted by atomic mass is 10.1. The Balaban J connectivity index is 1.41. The molecule has 2 amide bonds. The number of nitrogens with zero attached hydrogens (tertiary/aromatic N) is 1. The first kappa shape index (κ1) is 21.6. The first-order valence-electron chi connectivity index (χ1n) is 11.1. The van der Waals surface area contributed by atoms with Gasteiger partial charge >= 0.3 is 0 Å². The molecule has 1 aromatic heterocycles. The third-order valence-electron chi connectivity index (χ3n) is 5.83. The van der Waals surface area contributed by atoms with Crippen LogP contribution in [-0.4, -0.2) is 25.5 Å². The highest BCUT2D eigenvalue weighted by Gasteiger charge is 2.25. The number of nitrogens with one attached hydrogen (secondary N) is 1. The molecule has 7 nitrogen and oxygen atoms in total. The van der Waals surface area contributed by atoms with Crippen molar-refractivity contribution in [1.82, 2.24) is 0 Å². The molecule has 172 valence electrons. The van der Waals surface area contributed by atoms with Gasteiger partial charge in [0.1, 0.15) is 23.7 Å². The normalized spacial score (nSPS) is 13.3. The van der Waals surface area contributed by atoms with Crippen molar-refractivity contribution in [3.63, 3.8) is 0 Å². The Hall–Kier alpha value is -4.26. The van der Waals surface area contributed by atoms with E-state index in [0.29, 0.717) is 47.0 Å². The van der Waals surface area contributed by atoms with Crippen LogP contribution in [0.3, 0.4) is 0 Å². The molecule has 0 unspecified atom stereocenters. The van der Waals surface area contributed by atoms with Gasteiger partial charge in [-0.3, -0.25) is 9.59 Å². The maximum Gasteiger partial charge on any atom is 0.291 e. The zero-order chi connectivity index (χ0) is 23.5. The molecule has 7 heteroatoms. The zero-order valence-corrected chi connectivity index (χ0v) is 18.7. The fourth-order valence-electron chi connectivity index (χ4n) is 4.17. The Morgan fingerprint density at radius 2 is 1.85 bits per heavy atom. The number of benzene rings is 3. The van der Waals surface area contributed by atoms with Crippen molar-refractivity contribution < 1.29 is 23.5 Å². The van der Waals surface area contributed by atoms with Gasteiger partial charge in [0.2, 0.25) is 5.91 Å². The predicted molar refractivity (Wildman–Crippen MR) is 130 cm³/mol. The van der Waals surface area contributed by atoms with Crippen molar-refractivity contribution in [1.29, 1.82) is 0 Å². The highest BCUT2D eigenvalue weighted by atomic mass is 16.5. The molecule has 5 rings (SSSR count). The fourth-order valence-corrected chi connectivity index (χ4v) is 4.17. The van der Waals surface area contributed by atoms with Gasteiger partial charge < -0.3 is 24.1 Å². The quantitative estimate of drug-likeness (QED) is 0.403. The lowest BCUT2D eigenvalue weighted by Crippen LogP contribution is -2.24. The van der Waals surface area contributed by atoms with Gasteiger partial charge in [0.05, 0.1) is 12.8 Å². The van der Waals surface area contributed by atoms with Crippen molar-refractivity contribution in [2.24, 2.45) is 0 Å². The number of para-hydroxylation sites is 2. The largest absolute Gasteiger partial charge is 0.494 e. The highest BCUT2D eigenvalue weighted by molar-refractivity contribution is 6.07. The number of rotatable bonds is 7. The summed E-state index contributed by atoms with van der Waals surface area (Å²) in [6.07, 6.45) is 1.35. The molecular formula is C27H24N2O5. The molecule has 1 aliphatic rings. The van der Waals surface area contributed by atoms with Crippen molar-refractivity contribution >= 4 is 34.2 Å². The second-order valence-corrected chi connectivity index (χ2v) is 8.00. The van der Waals surface area contributed by atoms with Crippen LogP contribution in [0, 0.1) is 0 Å². The van der Waals surface area contributed by atoms with E-state index in [-0.39, 0.29) is 18.3 Å². The molecule has 1 aliphatic heterocycles. The molecule has 0 spiro atoms. The molecule has 34 heavy (non-hydrogen) atoms. The fraction of sp³-hybridized carbons (Fsp3) is 0.185. The molecule has 0 bridgehead atoms. The van der Waals surface area contributed by atoms with E-state index in [1.807, 2.05) is 54.6 Å². The van der Waals surface area contributed by atoms with Crippen molar-refractivity contribution in [3.8, 4) is 11.5 Å². The summed E-state index contributed by atoms with van der Waals surface area (Å²) in [6, 6.07) is 22.2. The van der Waals surface area contributed by atoms with E-state index in [0.717, 1.165) is 11.8 Å². The van der Waals surface area contributed by atoms with E-state index in [1.54, 1.807) is 30.2 Å². The van der Waals surface area contributed by atoms with Gasteiger partial charge in [-0.05, 0) is 36.8 Å². The monoisotopic (exact) mass is 456 g/mol. The summed E-state index contributed by atoms with van der Waals surface area (Å²) in [4.78, 5) is 27.1. The van der Waals surface area contributed by atoms with E-state index in [2.05, 4.69) is 5.32 Å². The number of anilines is 2. The summed E-state index contributed by atoms with van der Waals surface area (Å²) in [5.41, 5.74) is 2.51. The maximum absolute atomic E-state index is 13.2. The first-order chi connectivity index (χ1) is 16.6. The molecule has 3 aromatic carbocycles. The van der Waals surface area contributed by atoms with E-state index >= 15 is 0 Å². The molecule has 0 radical (unpaired) electrons. The molecular weight excluding hydrogens is 432 g/mol. The minimum atomic E-state index is -0.394. The van der Waals surface area contributed by atoms with Crippen molar-refractivity contribution in [2.45, 2.75) is 19.4 Å². The Bertz CT molecular complexity index is 1350. The number of hydrogen-bond donors (Lipinski definition) is 1. The molecule has 4 aromatic rings. The number of carbonyl (C=O) groups is 2. The minimum absolute atomic E-state index is 0.0698. The van der Waals surface area contributed by atoms with Crippen molar-refractivity contribution in [3.05, 3.63) is 84.1 Å². The van der Waals surface area contributed by atoms with E-state index < -0.39 is 5.91 Å². The average molecular weight is 456 g/mol. The topological polar surface area (TPSA) is 81.0 Å². The van der Waals surface area contributed by atoms with Crippen LogP contribution in [0.25, 0.3) is 11.0 Å². The van der Waals surface area contributed by atoms with Crippen LogP contribution in [0.1, 0.15) is 29.0 Å². The summed E-state index contributed by atoms with van der Waals surface area (Å²) < 4.78 is 17.3. The van der Waals surface area contributed by atoms with Gasteiger partial charge in [0.15, 0.2) is 5.76 Å². The lowest BCUT2D eigenvalue weighted by Gasteiger charge is -2.19. The van der Waals surface area contributed by atoms with Gasteiger partial charge in [-0.15, -0.1) is 0 Å². The Morgan fingerprint density at radius 3 is 2.62 bits per heavy atom. The second-order valence-electron chi connectivity index (χ2n) is 8.00. The molecule has 0 saturated carbocycles. The molecule has 2 heterocycles. The zero-order valence-electron chi connectivity index (χ0n) is 18.7. The number of furan rings is 1. The summed E-state index contributed by atoms with van der Waals surface area (Å²) in [5.74, 6) is 1.09. The summed E-state index contributed by atoms with van der Waals surface area (Å²) >= 11 is 0. The van der Waals surface area contributed by atoms with Crippen LogP contribution in [0.5, 0.6) is 11.5 Å². The second kappa shape index (κ2) is 9.31. The molecule has 1 fully saturated rings. The van der Waals surface area contributed by atoms with Crippen LogP contribution in [0.4, 0.5) is 11.4 Å². The van der Waals surface area contributed by atoms with Gasteiger partial charge in [-0.1, -0.05) is 36.4 Å². The number of methoxy groups -OCH3 is 1. The Kier molecular flexibility index (Phi) is 5.91. The molecule has 0 aliphatic carbocycles. The molecule has 1 N–H and O–H groups in total. The van der Waals surface area contributed by atoms with Crippen LogP contribution in [-0.2, 0) is 11.4 Å². The number of ether oxygens (including phenoxy) is 2. The number of hydrogen-bond acceptors (Lipinski definition) is 5. The standard InChI is InChI=1S/C27H24N2O5/c1-32-24-16-18(13-14-22(24)29-15-7-12-25(29)30)28-27(31)26-21(17-33-19-8-3-2-4-9-19)20-10-5-6-11-23(20)34-26/h2-6,8-11,13-14,16H,7,12,15,17H2,1H3,(H,28,31). The summed E-state index contributed by atoms with van der Waals surface area (Å²) in [6.45, 7) is 0.841. The van der Waals surface area contributed by atoms with E-state index in [9.17, 15) is 9.59 Å². The number of fused-ring (bicyclic) bond motifs is 1. The van der Waals surface area contributed by atoms with Crippen LogP contribution in [0.2, 0.25) is 0 Å². The number of carbonyl (C=O) groups excluding carboxylic acids is 2. The Morgan fingerprint density at radius 1 is 1.06 bits per heavy atom. The molecule has 1 saturated heterocycles. The van der Waals surface area contributed by atoms with Crippen LogP contribution < -0.4 is 19.7 Å². The molecule has 0 atom stereocenters. The van der Waals surface area contributed by atoms with Gasteiger partial charge in [-0.25, -0.2) is 0 Å². The minimum Gasteiger partial charge on any atom is -0.494 e. The predicted octanol–water partition coefficient (Wildman–Crippen LogP) is 5.40. The first-order valence-corrected chi connectivity index (χ1v) is 11.1. The van der Waals surface area contributed by atoms with E-state index in [1.165, 1.54) is 0 Å². The average Bonchev–Trinajstić information content (AvgIpc) is 3.46. The third kappa shape index (κ3) is 4.20. The van der Waals surface area contributed by atoms with Crippen molar-refractivity contribution in [2.75, 3.05) is 23.9 Å². The van der Waals surface area contributed by atoms with Gasteiger partial charge in [0, 0.05) is 35.7 Å². The smallest absolute Gasteiger partial charge is 0.291 e. The third-order valence-corrected chi connectivity index (χ3v) is 5.83. The van der Waals surface area contributed by atoms with Gasteiger partial charge in [-0.2, -0.15) is 0 Å². The Labute approximate surface area is 196 Å². The summed E-state index contributed by atoms with van der Waals surface area (Å²) in [7, 11) is 1.54. The number of amides is 2. The highest BCUT2D eigenvalue weighted by Crippen LogP contribution is 2.34. The maximum atomic E-state index is 13.2. The lowest BCUT2D eigenvalue weighted by molar-refractivity contribution is -0.117. The SMILES string of the molecule is COc1cc(NC(=O)c2oc3ccccc3c2COc2ccccc2)ccc1N1CCCC1=O. The summed E-state index contributed by atoms with van der Waals surface area (Å²) in [5, 5.41) is 3.71. The van der Waals surface area contributed by atoms with Crippen LogP contribution in [0.15, 0.2) is 77.2 Å². The van der Waals surface area contributed by atoms with E-state index in [4.69, 9.17) is 13.9 Å². The van der Waals surface area contributed by atoms with Gasteiger partial charge in [0.25, 0.3) is 5.91 Å². The van der Waals surface area contributed by atoms with Crippen LogP contribution >= 0.6 is 0 Å².